The lowest BCUT2D eigenvalue weighted by Gasteiger charge is -2.31. The van der Waals surface area contributed by atoms with Crippen molar-refractivity contribution in [3.05, 3.63) is 36.3 Å². The van der Waals surface area contributed by atoms with Crippen LogP contribution < -0.4 is 21.1 Å². The molecule has 1 unspecified atom stereocenters. The molecule has 1 aromatic carbocycles. The summed E-state index contributed by atoms with van der Waals surface area (Å²) in [7, 11) is 0. The van der Waals surface area contributed by atoms with E-state index in [9.17, 15) is 29.6 Å². The lowest BCUT2D eigenvalue weighted by molar-refractivity contribution is -0.125. The van der Waals surface area contributed by atoms with Gasteiger partial charge in [-0.15, -0.1) is 0 Å². The largest absolute Gasteiger partial charge is 0.491 e. The van der Waals surface area contributed by atoms with Crippen LogP contribution in [0.2, 0.25) is 0 Å². The number of nitrogens with zero attached hydrogens (tertiary/aromatic N) is 2. The molecule has 1 fully saturated rings. The zero-order valence-electron chi connectivity index (χ0n) is 17.5. The number of anilines is 3. The van der Waals surface area contributed by atoms with Crippen LogP contribution in [-0.2, 0) is 4.79 Å². The van der Waals surface area contributed by atoms with E-state index in [2.05, 4.69) is 20.6 Å². The zero-order valence-corrected chi connectivity index (χ0v) is 17.5. The summed E-state index contributed by atoms with van der Waals surface area (Å²) in [6, 6.07) is 5.68. The molecule has 1 aromatic heterocycles. The highest BCUT2D eigenvalue weighted by molar-refractivity contribution is 5.79. The monoisotopic (exact) mass is 463 g/mol. The van der Waals surface area contributed by atoms with E-state index >= 15 is 0 Å². The highest BCUT2D eigenvalue weighted by atomic mass is 19.1. The molecule has 0 spiro atoms. The van der Waals surface area contributed by atoms with Crippen molar-refractivity contribution in [1.29, 1.82) is 0 Å². The average Bonchev–Trinajstić information content (AvgIpc) is 3.17. The molecule has 1 amide bonds. The molecule has 12 heteroatoms. The first-order valence-corrected chi connectivity index (χ1v) is 10.5. The number of primary amides is 1. The zero-order chi connectivity index (χ0) is 23.7. The van der Waals surface area contributed by atoms with E-state index in [0.717, 1.165) is 6.20 Å². The summed E-state index contributed by atoms with van der Waals surface area (Å²) in [5.41, 5.74) is 6.15. The summed E-state index contributed by atoms with van der Waals surface area (Å²) in [6.07, 6.45) is -3.14. The summed E-state index contributed by atoms with van der Waals surface area (Å²) in [4.78, 5) is 20.4. The standard InChI is InChI=1S/C21H26FN5O6/c22-13-6-24-21-25-9-2-1-3-10(4-9)33-8-15(30)18(31)12-5-11(14(29)7-28)16(19(23)32)17(12)26-20(13)27-21/h1-4,6,11-12,14-18,28-31H,5,7-8H2,(H2,23,32)(H2,24,25,26,27)/t11-,12-,14?,15-,16-,17+,18+/m0/s1. The van der Waals surface area contributed by atoms with Crippen molar-refractivity contribution in [3.8, 4) is 5.75 Å². The fourth-order valence-electron chi connectivity index (χ4n) is 4.65. The number of hydrogen-bond donors (Lipinski definition) is 7. The van der Waals surface area contributed by atoms with Crippen molar-refractivity contribution >= 4 is 23.4 Å². The van der Waals surface area contributed by atoms with Crippen LogP contribution in [0.1, 0.15) is 6.42 Å². The van der Waals surface area contributed by atoms with E-state index in [1.807, 2.05) is 0 Å². The maximum Gasteiger partial charge on any atom is 0.229 e. The SMILES string of the molecule is NC(=O)[C@@H]1[C@@H]2Nc3nc(ncc3F)Nc3cccc(c3)OC[C@H](O)[C@H](O)[C@H]2C[C@H]1C(O)CO. The number of aromatic nitrogens is 2. The van der Waals surface area contributed by atoms with E-state index in [4.69, 9.17) is 10.5 Å². The minimum atomic E-state index is -1.42. The minimum Gasteiger partial charge on any atom is -0.491 e. The molecule has 33 heavy (non-hydrogen) atoms. The molecule has 1 saturated carbocycles. The molecule has 7 atom stereocenters. The fraction of sp³-hybridized carbons (Fsp3) is 0.476. The molecule has 2 aromatic rings. The van der Waals surface area contributed by atoms with Gasteiger partial charge < -0.3 is 41.5 Å². The Morgan fingerprint density at radius 2 is 2.15 bits per heavy atom. The third kappa shape index (κ3) is 4.69. The smallest absolute Gasteiger partial charge is 0.229 e. The van der Waals surface area contributed by atoms with E-state index in [1.54, 1.807) is 24.3 Å². The van der Waals surface area contributed by atoms with Crippen molar-refractivity contribution in [1.82, 2.24) is 9.97 Å². The number of amides is 1. The first-order chi connectivity index (χ1) is 15.8. The first-order valence-electron chi connectivity index (χ1n) is 10.5. The molecular weight excluding hydrogens is 437 g/mol. The van der Waals surface area contributed by atoms with E-state index in [-0.39, 0.29) is 24.8 Å². The lowest BCUT2D eigenvalue weighted by Crippen LogP contribution is -2.47. The number of nitrogens with two attached hydrogens (primary N) is 1. The quantitative estimate of drug-likeness (QED) is 0.309. The van der Waals surface area contributed by atoms with Gasteiger partial charge in [0.25, 0.3) is 0 Å². The highest BCUT2D eigenvalue weighted by Gasteiger charge is 2.52. The maximum absolute atomic E-state index is 14.6. The van der Waals surface area contributed by atoms with Crippen LogP contribution in [0.25, 0.3) is 0 Å². The van der Waals surface area contributed by atoms with Crippen LogP contribution in [0.15, 0.2) is 30.5 Å². The number of rotatable bonds is 3. The van der Waals surface area contributed by atoms with Gasteiger partial charge in [-0.2, -0.15) is 4.98 Å². The Bertz CT molecular complexity index is 1010. The highest BCUT2D eigenvalue weighted by Crippen LogP contribution is 2.43. The summed E-state index contributed by atoms with van der Waals surface area (Å²) >= 11 is 0. The number of aliphatic hydroxyl groups is 4. The van der Waals surface area contributed by atoms with E-state index in [0.29, 0.717) is 11.4 Å². The van der Waals surface area contributed by atoms with Crippen LogP contribution in [0.5, 0.6) is 5.75 Å². The second-order valence-corrected chi connectivity index (χ2v) is 8.32. The second-order valence-electron chi connectivity index (χ2n) is 8.32. The predicted molar refractivity (Wildman–Crippen MR) is 114 cm³/mol. The molecule has 2 heterocycles. The summed E-state index contributed by atoms with van der Waals surface area (Å²) < 4.78 is 20.2. The van der Waals surface area contributed by atoms with E-state index < -0.39 is 60.4 Å². The van der Waals surface area contributed by atoms with Gasteiger partial charge in [-0.3, -0.25) is 4.79 Å². The Kier molecular flexibility index (Phi) is 6.61. The molecule has 8 N–H and O–H groups in total. The maximum atomic E-state index is 14.6. The number of halogens is 1. The molecular formula is C21H26FN5O6. The van der Waals surface area contributed by atoms with Gasteiger partial charge in [-0.25, -0.2) is 9.37 Å². The van der Waals surface area contributed by atoms with Crippen LogP contribution in [0.3, 0.4) is 0 Å². The van der Waals surface area contributed by atoms with Gasteiger partial charge in [0.15, 0.2) is 11.6 Å². The van der Waals surface area contributed by atoms with Crippen LogP contribution in [0.4, 0.5) is 21.8 Å². The topological polar surface area (TPSA) is 183 Å². The molecule has 11 nitrogen and oxygen atoms in total. The molecule has 178 valence electrons. The number of nitrogens with one attached hydrogen (secondary N) is 2. The molecule has 4 rings (SSSR count). The first kappa shape index (κ1) is 23.1. The van der Waals surface area contributed by atoms with Gasteiger partial charge in [-0.1, -0.05) is 6.07 Å². The predicted octanol–water partition coefficient (Wildman–Crippen LogP) is -0.655. The van der Waals surface area contributed by atoms with Crippen molar-refractivity contribution in [3.63, 3.8) is 0 Å². The van der Waals surface area contributed by atoms with Crippen molar-refractivity contribution in [2.24, 2.45) is 23.5 Å². The minimum absolute atomic E-state index is 0.0263. The second kappa shape index (κ2) is 9.43. The van der Waals surface area contributed by atoms with Gasteiger partial charge in [0.05, 0.1) is 30.9 Å². The molecule has 2 aliphatic rings. The number of fused-ring (bicyclic) bond motifs is 5. The lowest BCUT2D eigenvalue weighted by atomic mass is 9.87. The number of carbonyl (C=O) groups is 1. The van der Waals surface area contributed by atoms with Gasteiger partial charge in [-0.05, 0) is 18.6 Å². The van der Waals surface area contributed by atoms with Crippen LogP contribution in [0, 0.1) is 23.6 Å². The van der Waals surface area contributed by atoms with E-state index in [1.165, 1.54) is 0 Å². The number of aliphatic hydroxyl groups excluding tert-OH is 4. The van der Waals surface area contributed by atoms with Gasteiger partial charge in [0, 0.05) is 29.6 Å². The molecule has 1 aliphatic carbocycles. The summed E-state index contributed by atoms with van der Waals surface area (Å²) in [5.74, 6) is -4.20. The van der Waals surface area contributed by atoms with Gasteiger partial charge in [0.1, 0.15) is 18.5 Å². The number of carbonyl (C=O) groups excluding carboxylic acids is 1. The van der Waals surface area contributed by atoms with Crippen molar-refractivity contribution in [2.45, 2.75) is 30.8 Å². The normalized spacial score (nSPS) is 30.1. The Balaban J connectivity index is 1.78. The number of benzene rings is 1. The summed E-state index contributed by atoms with van der Waals surface area (Å²) in [6.45, 7) is -0.903. The van der Waals surface area contributed by atoms with Crippen LogP contribution in [-0.4, -0.2) is 73.9 Å². The Morgan fingerprint density at radius 3 is 2.88 bits per heavy atom. The average molecular weight is 463 g/mol. The Morgan fingerprint density at radius 1 is 1.36 bits per heavy atom. The van der Waals surface area contributed by atoms with Crippen LogP contribution >= 0.6 is 0 Å². The summed E-state index contributed by atoms with van der Waals surface area (Å²) in [5, 5.41) is 47.1. The molecule has 0 saturated heterocycles. The van der Waals surface area contributed by atoms with Gasteiger partial charge in [0.2, 0.25) is 11.9 Å². The van der Waals surface area contributed by atoms with Crippen molar-refractivity contribution < 1.29 is 34.3 Å². The molecule has 4 bridgehead atoms. The fourth-order valence-corrected chi connectivity index (χ4v) is 4.65. The molecule has 0 radical (unpaired) electrons. The molecule has 1 aliphatic heterocycles. The Labute approximate surface area is 188 Å². The third-order valence-electron chi connectivity index (χ3n) is 6.25. The number of ether oxygens (including phenoxy) is 1. The van der Waals surface area contributed by atoms with Crippen molar-refractivity contribution in [2.75, 3.05) is 23.8 Å². The number of hydrogen-bond acceptors (Lipinski definition) is 10. The van der Waals surface area contributed by atoms with Gasteiger partial charge >= 0.3 is 0 Å². The third-order valence-corrected chi connectivity index (χ3v) is 6.25. The Hall–Kier alpha value is -3.06.